The van der Waals surface area contributed by atoms with Gasteiger partial charge in [-0.15, -0.1) is 5.10 Å². The number of aliphatic carboxylic acids is 1. The summed E-state index contributed by atoms with van der Waals surface area (Å²) in [5.41, 5.74) is 4.19. The second-order valence-electron chi connectivity index (χ2n) is 7.10. The number of halogens is 1. The van der Waals surface area contributed by atoms with Crippen LogP contribution in [0.2, 0.25) is 5.02 Å². The number of aromatic amines is 1. The summed E-state index contributed by atoms with van der Waals surface area (Å²) in [4.78, 5) is 20.7. The van der Waals surface area contributed by atoms with Crippen LogP contribution in [0, 0.1) is 13.8 Å². The van der Waals surface area contributed by atoms with Crippen molar-refractivity contribution in [3.63, 3.8) is 0 Å². The number of thioether (sulfide) groups is 1. The molecule has 0 unspecified atom stereocenters. The molecule has 8 nitrogen and oxygen atoms in total. The molecule has 0 spiro atoms. The van der Waals surface area contributed by atoms with Crippen LogP contribution in [0.25, 0.3) is 23.2 Å². The van der Waals surface area contributed by atoms with Crippen LogP contribution >= 0.6 is 23.4 Å². The number of aryl methyl sites for hydroxylation is 1. The van der Waals surface area contributed by atoms with Gasteiger partial charge in [0.15, 0.2) is 5.82 Å². The fourth-order valence-corrected chi connectivity index (χ4v) is 4.34. The van der Waals surface area contributed by atoms with Crippen LogP contribution in [0.15, 0.2) is 58.9 Å². The number of ether oxygens (including phenoxy) is 1. The Morgan fingerprint density at radius 1 is 1.27 bits per heavy atom. The summed E-state index contributed by atoms with van der Waals surface area (Å²) in [5, 5.41) is 17.6. The number of hydrogen-bond donors (Lipinski definition) is 2. The molecule has 0 fully saturated rings. The van der Waals surface area contributed by atoms with E-state index < -0.39 is 5.97 Å². The molecule has 2 N–H and O–H groups in total. The van der Waals surface area contributed by atoms with Crippen LogP contribution in [0.5, 0.6) is 5.75 Å². The molecule has 3 aromatic heterocycles. The van der Waals surface area contributed by atoms with Gasteiger partial charge in [0.05, 0.1) is 24.6 Å². The number of nitrogens with zero attached hydrogens (tertiary/aromatic N) is 4. The van der Waals surface area contributed by atoms with E-state index in [0.29, 0.717) is 22.2 Å². The zero-order valence-corrected chi connectivity index (χ0v) is 19.6. The zero-order chi connectivity index (χ0) is 23.5. The number of carboxylic acid groups (broad SMARTS) is 1. The topological polar surface area (TPSA) is 106 Å². The Balaban J connectivity index is 1.66. The van der Waals surface area contributed by atoms with Gasteiger partial charge in [-0.05, 0) is 73.6 Å². The largest absolute Gasteiger partial charge is 0.496 e. The van der Waals surface area contributed by atoms with Crippen LogP contribution in [0.1, 0.15) is 17.0 Å². The lowest BCUT2D eigenvalue weighted by Crippen LogP contribution is -2.00. The maximum Gasteiger partial charge on any atom is 0.342 e. The van der Waals surface area contributed by atoms with Crippen LogP contribution < -0.4 is 4.74 Å². The van der Waals surface area contributed by atoms with Gasteiger partial charge >= 0.3 is 5.97 Å². The monoisotopic (exact) mass is 481 g/mol. The molecule has 33 heavy (non-hydrogen) atoms. The van der Waals surface area contributed by atoms with Crippen molar-refractivity contribution in [2.24, 2.45) is 0 Å². The molecule has 0 saturated heterocycles. The Kier molecular flexibility index (Phi) is 6.52. The van der Waals surface area contributed by atoms with Crippen LogP contribution in [-0.4, -0.2) is 42.9 Å². The molecule has 0 radical (unpaired) electrons. The van der Waals surface area contributed by atoms with Crippen LogP contribution in [0.3, 0.4) is 0 Å². The molecule has 0 saturated carbocycles. The second kappa shape index (κ2) is 9.51. The van der Waals surface area contributed by atoms with E-state index in [0.717, 1.165) is 34.4 Å². The van der Waals surface area contributed by atoms with E-state index in [1.807, 2.05) is 36.6 Å². The molecule has 168 valence electrons. The molecule has 0 aliphatic carbocycles. The Morgan fingerprint density at radius 3 is 2.79 bits per heavy atom. The second-order valence-corrected chi connectivity index (χ2v) is 8.55. The molecule has 3 heterocycles. The molecule has 0 aliphatic heterocycles. The molecule has 10 heteroatoms. The lowest BCUT2D eigenvalue weighted by molar-refractivity contribution is -0.131. The number of carboxylic acids is 1. The number of nitrogens with one attached hydrogen (secondary N) is 1. The predicted octanol–water partition coefficient (Wildman–Crippen LogP) is 5.15. The van der Waals surface area contributed by atoms with Crippen molar-refractivity contribution >= 4 is 35.4 Å². The minimum absolute atomic E-state index is 0.0880. The van der Waals surface area contributed by atoms with Gasteiger partial charge in [0.1, 0.15) is 10.7 Å². The van der Waals surface area contributed by atoms with E-state index in [2.05, 4.69) is 20.2 Å². The summed E-state index contributed by atoms with van der Waals surface area (Å²) >= 11 is 7.06. The van der Waals surface area contributed by atoms with E-state index in [1.165, 1.54) is 0 Å². The van der Waals surface area contributed by atoms with E-state index in [9.17, 15) is 9.90 Å². The fourth-order valence-electron chi connectivity index (χ4n) is 3.47. The number of aromatic nitrogens is 5. The smallest absolute Gasteiger partial charge is 0.342 e. The van der Waals surface area contributed by atoms with E-state index >= 15 is 0 Å². The Labute approximate surface area is 199 Å². The van der Waals surface area contributed by atoms with E-state index in [-0.39, 0.29) is 10.1 Å². The lowest BCUT2D eigenvalue weighted by atomic mass is 10.2. The maximum atomic E-state index is 12.0. The highest BCUT2D eigenvalue weighted by Crippen LogP contribution is 2.33. The van der Waals surface area contributed by atoms with Gasteiger partial charge in [-0.3, -0.25) is 10.1 Å². The first kappa shape index (κ1) is 22.6. The van der Waals surface area contributed by atoms with Gasteiger partial charge in [-0.25, -0.2) is 9.78 Å². The number of carbonyl (C=O) groups is 1. The van der Waals surface area contributed by atoms with Gasteiger partial charge < -0.3 is 14.4 Å². The highest BCUT2D eigenvalue weighted by atomic mass is 35.5. The summed E-state index contributed by atoms with van der Waals surface area (Å²) in [6.45, 7) is 3.90. The first-order valence-electron chi connectivity index (χ1n) is 9.86. The lowest BCUT2D eigenvalue weighted by Gasteiger charge is -2.08. The fraction of sp³-hybridized carbons (Fsp3) is 0.130. The van der Waals surface area contributed by atoms with Gasteiger partial charge in [-0.2, -0.15) is 0 Å². The molecule has 0 amide bonds. The predicted molar refractivity (Wildman–Crippen MR) is 128 cm³/mol. The van der Waals surface area contributed by atoms with Gasteiger partial charge in [0, 0.05) is 22.6 Å². The van der Waals surface area contributed by atoms with E-state index in [1.54, 1.807) is 43.8 Å². The third-order valence-corrected chi connectivity index (χ3v) is 6.07. The number of pyridine rings is 1. The summed E-state index contributed by atoms with van der Waals surface area (Å²) in [6, 6.07) is 10.9. The van der Waals surface area contributed by atoms with Gasteiger partial charge in [0.25, 0.3) is 0 Å². The molecular formula is C23H20ClN5O3S. The van der Waals surface area contributed by atoms with Gasteiger partial charge in [0.2, 0.25) is 5.16 Å². The standard InChI is InChI=1S/C23H20ClN5O3S/c1-13-9-15(14(2)29(13)17-5-4-8-25-12-17)10-20(22(30)31)33-23-26-21(27-28-23)18-11-16(24)6-7-19(18)32-3/h4-12H,1-3H3,(H,30,31)(H,26,27,28)/b20-10-. The van der Waals surface area contributed by atoms with Crippen molar-refractivity contribution in [2.75, 3.05) is 7.11 Å². The quantitative estimate of drug-likeness (QED) is 0.277. The Bertz CT molecular complexity index is 1350. The van der Waals surface area contributed by atoms with Gasteiger partial charge in [-0.1, -0.05) is 11.6 Å². The average Bonchev–Trinajstić information content (AvgIpc) is 3.37. The summed E-state index contributed by atoms with van der Waals surface area (Å²) in [5.74, 6) is -0.0712. The average molecular weight is 482 g/mol. The number of methoxy groups -OCH3 is 1. The SMILES string of the molecule is COc1ccc(Cl)cc1-c1nc(S/C(=C\c2cc(C)n(-c3cccnc3)c2C)C(=O)O)n[nH]1. The van der Waals surface area contributed by atoms with Crippen molar-refractivity contribution in [2.45, 2.75) is 19.0 Å². The van der Waals surface area contributed by atoms with Crippen molar-refractivity contribution in [1.82, 2.24) is 24.7 Å². The summed E-state index contributed by atoms with van der Waals surface area (Å²) in [7, 11) is 1.55. The van der Waals surface area contributed by atoms with Crippen LogP contribution in [-0.2, 0) is 4.79 Å². The minimum atomic E-state index is -1.07. The number of benzene rings is 1. The molecular weight excluding hydrogens is 462 g/mol. The Hall–Kier alpha value is -3.56. The third-order valence-electron chi connectivity index (χ3n) is 4.95. The highest BCUT2D eigenvalue weighted by molar-refractivity contribution is 8.04. The first-order chi connectivity index (χ1) is 15.9. The summed E-state index contributed by atoms with van der Waals surface area (Å²) in [6.07, 6.45) is 5.10. The molecule has 0 atom stereocenters. The normalized spacial score (nSPS) is 11.6. The summed E-state index contributed by atoms with van der Waals surface area (Å²) < 4.78 is 7.39. The number of hydrogen-bond acceptors (Lipinski definition) is 6. The van der Waals surface area contributed by atoms with Crippen LogP contribution in [0.4, 0.5) is 0 Å². The third kappa shape index (κ3) is 4.79. The maximum absolute atomic E-state index is 12.0. The van der Waals surface area contributed by atoms with Crippen molar-refractivity contribution in [3.8, 4) is 22.8 Å². The molecule has 4 aromatic rings. The Morgan fingerprint density at radius 2 is 2.09 bits per heavy atom. The van der Waals surface area contributed by atoms with Crippen molar-refractivity contribution in [3.05, 3.63) is 75.7 Å². The number of rotatable bonds is 7. The molecule has 1 aromatic carbocycles. The molecule has 4 rings (SSSR count). The zero-order valence-electron chi connectivity index (χ0n) is 18.0. The minimum Gasteiger partial charge on any atom is -0.496 e. The first-order valence-corrected chi connectivity index (χ1v) is 11.1. The molecule has 0 aliphatic rings. The van der Waals surface area contributed by atoms with Crippen molar-refractivity contribution < 1.29 is 14.6 Å². The number of H-pyrrole nitrogens is 1. The van der Waals surface area contributed by atoms with E-state index in [4.69, 9.17) is 16.3 Å². The van der Waals surface area contributed by atoms with Crippen molar-refractivity contribution in [1.29, 1.82) is 0 Å². The highest BCUT2D eigenvalue weighted by Gasteiger charge is 2.18. The molecule has 0 bridgehead atoms.